The van der Waals surface area contributed by atoms with Crippen molar-refractivity contribution < 1.29 is 19.1 Å². The second kappa shape index (κ2) is 7.99. The van der Waals surface area contributed by atoms with Gasteiger partial charge in [0.2, 0.25) is 0 Å². The summed E-state index contributed by atoms with van der Waals surface area (Å²) < 4.78 is 5.63. The van der Waals surface area contributed by atoms with Crippen molar-refractivity contribution in [1.29, 1.82) is 0 Å². The Morgan fingerprint density at radius 2 is 1.45 bits per heavy atom. The van der Waals surface area contributed by atoms with Gasteiger partial charge in [0.1, 0.15) is 5.60 Å². The fourth-order valence-corrected chi connectivity index (χ4v) is 3.88. The first-order chi connectivity index (χ1) is 14.7. The summed E-state index contributed by atoms with van der Waals surface area (Å²) >= 11 is 0. The Bertz CT molecular complexity index is 1140. The van der Waals surface area contributed by atoms with Gasteiger partial charge in [-0.3, -0.25) is 19.3 Å². The molecular weight excluding hydrogens is 390 g/mol. The van der Waals surface area contributed by atoms with E-state index in [-0.39, 0.29) is 18.4 Å². The zero-order valence-electron chi connectivity index (χ0n) is 17.9. The minimum Gasteiger partial charge on any atom is -0.460 e. The van der Waals surface area contributed by atoms with E-state index in [1.165, 1.54) is 4.90 Å². The standard InChI is InChI=1S/C26H25NO4/c1-26(2,3)31-25(30)20(15-17-12-13-18-8-4-5-9-19(18)14-17)16-27-23(28)21-10-6-7-11-22(21)24(27)29/h4-14,20H,15-16H2,1-3H3. The summed E-state index contributed by atoms with van der Waals surface area (Å²) in [4.78, 5) is 39.9. The highest BCUT2D eigenvalue weighted by atomic mass is 16.6. The number of rotatable bonds is 5. The Kier molecular flexibility index (Phi) is 5.36. The van der Waals surface area contributed by atoms with Gasteiger partial charge in [0.25, 0.3) is 11.8 Å². The molecule has 0 aliphatic carbocycles. The van der Waals surface area contributed by atoms with Crippen molar-refractivity contribution in [2.24, 2.45) is 5.92 Å². The number of amides is 2. The van der Waals surface area contributed by atoms with E-state index in [0.29, 0.717) is 17.5 Å². The lowest BCUT2D eigenvalue weighted by Gasteiger charge is -2.26. The van der Waals surface area contributed by atoms with E-state index in [0.717, 1.165) is 16.3 Å². The molecule has 3 aromatic rings. The molecule has 0 radical (unpaired) electrons. The molecule has 1 heterocycles. The van der Waals surface area contributed by atoms with Crippen molar-refractivity contribution in [1.82, 2.24) is 4.90 Å². The second-order valence-corrected chi connectivity index (χ2v) is 8.88. The number of carbonyl (C=O) groups excluding carboxylic acids is 3. The quantitative estimate of drug-likeness (QED) is 0.450. The number of fused-ring (bicyclic) bond motifs is 2. The summed E-state index contributed by atoms with van der Waals surface area (Å²) in [6.07, 6.45) is 0.368. The predicted octanol–water partition coefficient (Wildman–Crippen LogP) is 4.64. The molecule has 0 N–H and O–H groups in total. The average molecular weight is 415 g/mol. The summed E-state index contributed by atoms with van der Waals surface area (Å²) in [7, 11) is 0. The highest BCUT2D eigenvalue weighted by Crippen LogP contribution is 2.26. The fourth-order valence-electron chi connectivity index (χ4n) is 3.88. The summed E-state index contributed by atoms with van der Waals surface area (Å²) in [6, 6.07) is 20.8. The van der Waals surface area contributed by atoms with Gasteiger partial charge in [-0.15, -0.1) is 0 Å². The molecule has 158 valence electrons. The number of benzene rings is 3. The summed E-state index contributed by atoms with van der Waals surface area (Å²) in [6.45, 7) is 5.40. The highest BCUT2D eigenvalue weighted by Gasteiger charge is 2.38. The first-order valence-corrected chi connectivity index (χ1v) is 10.4. The number of hydrogen-bond donors (Lipinski definition) is 0. The van der Waals surface area contributed by atoms with Crippen LogP contribution < -0.4 is 0 Å². The maximum atomic E-state index is 13.0. The van der Waals surface area contributed by atoms with Crippen molar-refractivity contribution in [2.45, 2.75) is 32.8 Å². The van der Waals surface area contributed by atoms with Gasteiger partial charge in [0.05, 0.1) is 17.0 Å². The SMILES string of the molecule is CC(C)(C)OC(=O)C(Cc1ccc2ccccc2c1)CN1C(=O)c2ccccc2C1=O. The third-order valence-electron chi connectivity index (χ3n) is 5.32. The van der Waals surface area contributed by atoms with Gasteiger partial charge in [0, 0.05) is 6.54 Å². The molecule has 31 heavy (non-hydrogen) atoms. The molecule has 5 nitrogen and oxygen atoms in total. The number of ether oxygens (including phenoxy) is 1. The molecule has 2 amide bonds. The van der Waals surface area contributed by atoms with Crippen LogP contribution >= 0.6 is 0 Å². The smallest absolute Gasteiger partial charge is 0.311 e. The van der Waals surface area contributed by atoms with Crippen LogP contribution in [0, 0.1) is 5.92 Å². The first kappa shape index (κ1) is 20.8. The van der Waals surface area contributed by atoms with E-state index in [2.05, 4.69) is 0 Å². The van der Waals surface area contributed by atoms with Crippen LogP contribution in [-0.4, -0.2) is 34.8 Å². The molecule has 0 saturated heterocycles. The Labute approximate surface area is 181 Å². The Hall–Kier alpha value is -3.47. The zero-order valence-corrected chi connectivity index (χ0v) is 17.9. The van der Waals surface area contributed by atoms with Crippen molar-refractivity contribution >= 4 is 28.6 Å². The van der Waals surface area contributed by atoms with Gasteiger partial charge in [-0.25, -0.2) is 0 Å². The lowest BCUT2D eigenvalue weighted by molar-refractivity contribution is -0.160. The molecule has 5 heteroatoms. The van der Waals surface area contributed by atoms with E-state index in [1.807, 2.05) is 42.5 Å². The van der Waals surface area contributed by atoms with E-state index in [9.17, 15) is 14.4 Å². The van der Waals surface area contributed by atoms with Crippen molar-refractivity contribution in [3.8, 4) is 0 Å². The Morgan fingerprint density at radius 1 is 0.871 bits per heavy atom. The third kappa shape index (κ3) is 4.36. The number of esters is 1. The van der Waals surface area contributed by atoms with Gasteiger partial charge >= 0.3 is 5.97 Å². The summed E-state index contributed by atoms with van der Waals surface area (Å²) in [5.74, 6) is -1.82. The van der Waals surface area contributed by atoms with E-state index in [4.69, 9.17) is 4.74 Å². The molecule has 1 aliphatic rings. The molecule has 4 rings (SSSR count). The monoisotopic (exact) mass is 415 g/mol. The van der Waals surface area contributed by atoms with Crippen LogP contribution in [-0.2, 0) is 16.0 Å². The lowest BCUT2D eigenvalue weighted by Crippen LogP contribution is -2.40. The molecule has 1 atom stereocenters. The summed E-state index contributed by atoms with van der Waals surface area (Å²) in [5, 5.41) is 2.18. The summed E-state index contributed by atoms with van der Waals surface area (Å²) in [5.41, 5.74) is 1.04. The van der Waals surface area contributed by atoms with Crippen LogP contribution in [0.4, 0.5) is 0 Å². The van der Waals surface area contributed by atoms with Gasteiger partial charge in [-0.1, -0.05) is 54.6 Å². The van der Waals surface area contributed by atoms with Crippen LogP contribution in [0.1, 0.15) is 47.1 Å². The first-order valence-electron chi connectivity index (χ1n) is 10.4. The van der Waals surface area contributed by atoms with Crippen LogP contribution in [0.3, 0.4) is 0 Å². The number of hydrogen-bond acceptors (Lipinski definition) is 4. The molecule has 3 aromatic carbocycles. The van der Waals surface area contributed by atoms with Crippen molar-refractivity contribution in [2.75, 3.05) is 6.54 Å². The minimum absolute atomic E-state index is 0.0198. The Balaban J connectivity index is 1.62. The fraction of sp³-hybridized carbons (Fsp3) is 0.269. The van der Waals surface area contributed by atoms with Crippen molar-refractivity contribution in [3.63, 3.8) is 0 Å². The van der Waals surface area contributed by atoms with Crippen LogP contribution in [0.25, 0.3) is 10.8 Å². The topological polar surface area (TPSA) is 63.7 Å². The third-order valence-corrected chi connectivity index (χ3v) is 5.32. The maximum Gasteiger partial charge on any atom is 0.311 e. The van der Waals surface area contributed by atoms with Crippen LogP contribution in [0.2, 0.25) is 0 Å². The number of nitrogens with zero attached hydrogens (tertiary/aromatic N) is 1. The van der Waals surface area contributed by atoms with Crippen LogP contribution in [0.15, 0.2) is 66.7 Å². The maximum absolute atomic E-state index is 13.0. The molecule has 0 aromatic heterocycles. The van der Waals surface area contributed by atoms with Crippen LogP contribution in [0.5, 0.6) is 0 Å². The molecule has 0 bridgehead atoms. The Morgan fingerprint density at radius 3 is 2.06 bits per heavy atom. The second-order valence-electron chi connectivity index (χ2n) is 8.88. The molecule has 1 aliphatic heterocycles. The minimum atomic E-state index is -0.666. The van der Waals surface area contributed by atoms with Crippen molar-refractivity contribution in [3.05, 3.63) is 83.4 Å². The molecule has 1 unspecified atom stereocenters. The van der Waals surface area contributed by atoms with Gasteiger partial charge in [-0.2, -0.15) is 0 Å². The largest absolute Gasteiger partial charge is 0.460 e. The number of imide groups is 1. The molecule has 0 saturated carbocycles. The van der Waals surface area contributed by atoms with Gasteiger partial charge < -0.3 is 4.74 Å². The van der Waals surface area contributed by atoms with Gasteiger partial charge in [0.15, 0.2) is 0 Å². The van der Waals surface area contributed by atoms with E-state index >= 15 is 0 Å². The molecule has 0 fully saturated rings. The molecule has 0 spiro atoms. The van der Waals surface area contributed by atoms with Gasteiger partial charge in [-0.05, 0) is 55.7 Å². The lowest BCUT2D eigenvalue weighted by atomic mass is 9.96. The predicted molar refractivity (Wildman–Crippen MR) is 119 cm³/mol. The number of carbonyl (C=O) groups is 3. The highest BCUT2D eigenvalue weighted by molar-refractivity contribution is 6.21. The average Bonchev–Trinajstić information content (AvgIpc) is 2.97. The zero-order chi connectivity index (χ0) is 22.2. The molecular formula is C26H25NO4. The normalized spacial score (nSPS) is 14.6. The van der Waals surface area contributed by atoms with E-state index in [1.54, 1.807) is 45.0 Å². The van der Waals surface area contributed by atoms with E-state index < -0.39 is 17.5 Å².